The molecular formula is C34H36Br2. The molecule has 186 valence electrons. The van der Waals surface area contributed by atoms with Gasteiger partial charge in [-0.25, -0.2) is 0 Å². The normalized spacial score (nSPS) is 42.2. The largest absolute Gasteiger partial charge is 0.0578 e. The van der Waals surface area contributed by atoms with E-state index in [0.717, 1.165) is 35.5 Å². The molecule has 8 saturated carbocycles. The van der Waals surface area contributed by atoms with Gasteiger partial charge in [-0.3, -0.25) is 0 Å². The standard InChI is InChI=1S/C34H36Br2/c35-31-27-3-1-25(33-13-19-5-20(14-33)7-21(6-19)15-33)11-29(27)32(36)28-4-2-26(12-30(28)31)34-16-22-8-23(17-34)10-24(9-22)18-34/h1-4,11-12,19-24H,5-10,13-18H2. The first kappa shape index (κ1) is 22.0. The lowest BCUT2D eigenvalue weighted by atomic mass is 9.48. The van der Waals surface area contributed by atoms with E-state index in [4.69, 9.17) is 0 Å². The second-order valence-corrected chi connectivity index (χ2v) is 16.1. The lowest BCUT2D eigenvalue weighted by molar-refractivity contribution is -0.00526. The molecule has 0 heterocycles. The Bertz CT molecular complexity index is 1250. The molecule has 8 fully saturated rings. The molecule has 0 unspecified atom stereocenters. The highest BCUT2D eigenvalue weighted by Gasteiger charge is 2.52. The molecule has 0 N–H and O–H groups in total. The summed E-state index contributed by atoms with van der Waals surface area (Å²) in [4.78, 5) is 0. The van der Waals surface area contributed by atoms with Crippen molar-refractivity contribution in [2.24, 2.45) is 35.5 Å². The molecule has 0 spiro atoms. The zero-order valence-corrected chi connectivity index (χ0v) is 24.3. The smallest absolute Gasteiger partial charge is 0.0333 e. The minimum atomic E-state index is 0.451. The molecule has 3 aromatic carbocycles. The Morgan fingerprint density at radius 3 is 1.06 bits per heavy atom. The van der Waals surface area contributed by atoms with Gasteiger partial charge in [0.25, 0.3) is 0 Å². The summed E-state index contributed by atoms with van der Waals surface area (Å²) in [5, 5.41) is 5.58. The zero-order chi connectivity index (χ0) is 23.8. The molecule has 36 heavy (non-hydrogen) atoms. The summed E-state index contributed by atoms with van der Waals surface area (Å²) < 4.78 is 2.61. The Balaban J connectivity index is 1.17. The highest BCUT2D eigenvalue weighted by Crippen LogP contribution is 2.62. The van der Waals surface area contributed by atoms with Crippen LogP contribution in [0.15, 0.2) is 45.3 Å². The van der Waals surface area contributed by atoms with Gasteiger partial charge in [0.2, 0.25) is 0 Å². The van der Waals surface area contributed by atoms with Crippen LogP contribution in [0.4, 0.5) is 0 Å². The lowest BCUT2D eigenvalue weighted by Crippen LogP contribution is -2.48. The molecule has 0 aliphatic heterocycles. The van der Waals surface area contributed by atoms with E-state index < -0.39 is 0 Å². The van der Waals surface area contributed by atoms with E-state index in [1.54, 1.807) is 11.1 Å². The fourth-order valence-corrected chi connectivity index (χ4v) is 13.1. The summed E-state index contributed by atoms with van der Waals surface area (Å²) in [6, 6.07) is 15.1. The Kier molecular flexibility index (Phi) is 4.53. The first-order chi connectivity index (χ1) is 17.5. The van der Waals surface area contributed by atoms with Crippen LogP contribution < -0.4 is 0 Å². The Labute approximate surface area is 232 Å². The topological polar surface area (TPSA) is 0 Å². The number of hydrogen-bond donors (Lipinski definition) is 0. The Morgan fingerprint density at radius 1 is 0.444 bits per heavy atom. The molecule has 0 aromatic heterocycles. The molecular weight excluding hydrogens is 568 g/mol. The second-order valence-electron chi connectivity index (χ2n) is 14.5. The van der Waals surface area contributed by atoms with E-state index >= 15 is 0 Å². The SMILES string of the molecule is Brc1c2ccc(C34CC5CC(CC(C5)C3)C4)cc2c(Br)c2ccc(C34CC5CC(CC(C5)C3)C4)cc12. The summed E-state index contributed by atoms with van der Waals surface area (Å²) in [6.45, 7) is 0. The van der Waals surface area contributed by atoms with Crippen molar-refractivity contribution in [3.05, 3.63) is 56.5 Å². The van der Waals surface area contributed by atoms with Gasteiger partial charge in [0.1, 0.15) is 0 Å². The second kappa shape index (κ2) is 7.41. The highest BCUT2D eigenvalue weighted by molar-refractivity contribution is 9.11. The van der Waals surface area contributed by atoms with Gasteiger partial charge in [0.15, 0.2) is 0 Å². The fraction of sp³-hybridized carbons (Fsp3) is 0.588. The van der Waals surface area contributed by atoms with Crippen LogP contribution in [-0.2, 0) is 10.8 Å². The maximum absolute atomic E-state index is 4.13. The molecule has 3 aromatic rings. The molecule has 0 amide bonds. The molecule has 0 radical (unpaired) electrons. The Morgan fingerprint density at radius 2 is 0.750 bits per heavy atom. The van der Waals surface area contributed by atoms with Crippen LogP contribution in [0.5, 0.6) is 0 Å². The third-order valence-electron chi connectivity index (χ3n) is 12.3. The van der Waals surface area contributed by atoms with Crippen LogP contribution in [-0.4, -0.2) is 0 Å². The third-order valence-corrected chi connectivity index (χ3v) is 14.0. The zero-order valence-electron chi connectivity index (χ0n) is 21.2. The van der Waals surface area contributed by atoms with Crippen molar-refractivity contribution in [3.8, 4) is 0 Å². The minimum Gasteiger partial charge on any atom is -0.0578 e. The summed E-state index contributed by atoms with van der Waals surface area (Å²) in [5.41, 5.74) is 4.16. The van der Waals surface area contributed by atoms with E-state index in [9.17, 15) is 0 Å². The molecule has 0 nitrogen and oxygen atoms in total. The molecule has 8 aliphatic carbocycles. The molecule has 8 aliphatic rings. The van der Waals surface area contributed by atoms with Crippen molar-refractivity contribution >= 4 is 53.4 Å². The van der Waals surface area contributed by atoms with Crippen LogP contribution in [0.3, 0.4) is 0 Å². The van der Waals surface area contributed by atoms with Crippen LogP contribution in [0.25, 0.3) is 21.5 Å². The van der Waals surface area contributed by atoms with E-state index in [2.05, 4.69) is 68.3 Å². The van der Waals surface area contributed by atoms with Crippen LogP contribution in [0.2, 0.25) is 0 Å². The van der Waals surface area contributed by atoms with Crippen molar-refractivity contribution < 1.29 is 0 Å². The summed E-state index contributed by atoms with van der Waals surface area (Å²) in [7, 11) is 0. The maximum Gasteiger partial charge on any atom is 0.0333 e. The number of halogens is 2. The van der Waals surface area contributed by atoms with Gasteiger partial charge in [-0.15, -0.1) is 0 Å². The van der Waals surface area contributed by atoms with Gasteiger partial charge in [0, 0.05) is 8.95 Å². The first-order valence-corrected chi connectivity index (χ1v) is 16.4. The van der Waals surface area contributed by atoms with E-state index in [-0.39, 0.29) is 0 Å². The summed E-state index contributed by atoms with van der Waals surface area (Å²) >= 11 is 8.26. The average molecular weight is 604 g/mol. The molecule has 2 heteroatoms. The predicted molar refractivity (Wildman–Crippen MR) is 157 cm³/mol. The predicted octanol–water partition coefficient (Wildman–Crippen LogP) is 10.5. The van der Waals surface area contributed by atoms with Crippen molar-refractivity contribution in [1.82, 2.24) is 0 Å². The minimum absolute atomic E-state index is 0.451. The van der Waals surface area contributed by atoms with Crippen molar-refractivity contribution in [2.75, 3.05) is 0 Å². The number of fused-ring (bicyclic) bond motifs is 2. The molecule has 0 saturated heterocycles. The number of hydrogen-bond acceptors (Lipinski definition) is 0. The number of benzene rings is 3. The van der Waals surface area contributed by atoms with Crippen molar-refractivity contribution in [2.45, 2.75) is 87.9 Å². The monoisotopic (exact) mass is 602 g/mol. The van der Waals surface area contributed by atoms with Gasteiger partial charge in [-0.2, -0.15) is 0 Å². The first-order valence-electron chi connectivity index (χ1n) is 14.8. The van der Waals surface area contributed by atoms with Crippen molar-refractivity contribution in [1.29, 1.82) is 0 Å². The van der Waals surface area contributed by atoms with Gasteiger partial charge in [0.05, 0.1) is 0 Å². The third kappa shape index (κ3) is 2.98. The van der Waals surface area contributed by atoms with Gasteiger partial charge < -0.3 is 0 Å². The molecule has 11 rings (SSSR count). The fourth-order valence-electron chi connectivity index (χ4n) is 11.7. The highest BCUT2D eigenvalue weighted by atomic mass is 79.9. The van der Waals surface area contributed by atoms with Crippen LogP contribution in [0.1, 0.15) is 88.2 Å². The van der Waals surface area contributed by atoms with Gasteiger partial charge in [-0.1, -0.05) is 24.3 Å². The van der Waals surface area contributed by atoms with E-state index in [0.29, 0.717) is 10.8 Å². The van der Waals surface area contributed by atoms with E-state index in [1.165, 1.54) is 108 Å². The van der Waals surface area contributed by atoms with Crippen LogP contribution >= 0.6 is 31.9 Å². The average Bonchev–Trinajstić information content (AvgIpc) is 2.85. The van der Waals surface area contributed by atoms with Crippen LogP contribution in [0, 0.1) is 35.5 Å². The molecule has 8 bridgehead atoms. The lowest BCUT2D eigenvalue weighted by Gasteiger charge is -2.57. The maximum atomic E-state index is 4.13. The quantitative estimate of drug-likeness (QED) is 0.256. The Hall–Kier alpha value is -0.860. The summed E-state index contributed by atoms with van der Waals surface area (Å²) in [5.74, 6) is 5.93. The summed E-state index contributed by atoms with van der Waals surface area (Å²) in [6.07, 6.45) is 17.7. The van der Waals surface area contributed by atoms with Gasteiger partial charge in [-0.05, 0) is 200 Å². The van der Waals surface area contributed by atoms with Crippen molar-refractivity contribution in [3.63, 3.8) is 0 Å². The van der Waals surface area contributed by atoms with E-state index in [1.807, 2.05) is 0 Å². The van der Waals surface area contributed by atoms with Gasteiger partial charge >= 0.3 is 0 Å². The molecule has 0 atom stereocenters. The number of rotatable bonds is 2.